The molecule has 0 saturated carbocycles. The standard InChI is InChI=1S/C20H30N4/c1-14(17-10-9-16(22(2)3)13-18(17)21)15-8-11-19(23(4)5)20(12-15)24(6)7/h8-14H,21H2,1-7H3. The van der Waals surface area contributed by atoms with Crippen molar-refractivity contribution in [3.05, 3.63) is 47.5 Å². The van der Waals surface area contributed by atoms with E-state index in [1.165, 1.54) is 22.5 Å². The summed E-state index contributed by atoms with van der Waals surface area (Å²) < 4.78 is 0. The third-order valence-corrected chi connectivity index (χ3v) is 4.52. The van der Waals surface area contributed by atoms with Crippen LogP contribution in [0, 0.1) is 0 Å². The quantitative estimate of drug-likeness (QED) is 0.851. The summed E-state index contributed by atoms with van der Waals surface area (Å²) in [6, 6.07) is 13.0. The zero-order valence-electron chi connectivity index (χ0n) is 16.0. The molecular weight excluding hydrogens is 296 g/mol. The topological polar surface area (TPSA) is 35.7 Å². The number of hydrogen-bond acceptors (Lipinski definition) is 4. The van der Waals surface area contributed by atoms with Crippen LogP contribution in [0.4, 0.5) is 22.7 Å². The van der Waals surface area contributed by atoms with E-state index in [4.69, 9.17) is 5.73 Å². The van der Waals surface area contributed by atoms with E-state index in [0.717, 1.165) is 11.4 Å². The molecule has 0 heterocycles. The molecule has 24 heavy (non-hydrogen) atoms. The molecule has 4 heteroatoms. The SMILES string of the molecule is CC(c1ccc(N(C)C)c(N(C)C)c1)c1ccc(N(C)C)cc1N. The van der Waals surface area contributed by atoms with E-state index in [-0.39, 0.29) is 5.92 Å². The molecule has 2 aromatic carbocycles. The van der Waals surface area contributed by atoms with Crippen LogP contribution < -0.4 is 20.4 Å². The second-order valence-corrected chi connectivity index (χ2v) is 6.97. The van der Waals surface area contributed by atoms with Gasteiger partial charge < -0.3 is 20.4 Å². The lowest BCUT2D eigenvalue weighted by atomic mass is 9.91. The minimum atomic E-state index is 0.246. The molecule has 2 rings (SSSR count). The highest BCUT2D eigenvalue weighted by molar-refractivity contribution is 5.72. The van der Waals surface area contributed by atoms with Crippen molar-refractivity contribution in [2.45, 2.75) is 12.8 Å². The summed E-state index contributed by atoms with van der Waals surface area (Å²) in [5.74, 6) is 0.246. The zero-order valence-corrected chi connectivity index (χ0v) is 16.0. The fourth-order valence-electron chi connectivity index (χ4n) is 2.96. The molecule has 0 spiro atoms. The molecular formula is C20H30N4. The van der Waals surface area contributed by atoms with Gasteiger partial charge in [-0.25, -0.2) is 0 Å². The van der Waals surface area contributed by atoms with Gasteiger partial charge in [0.1, 0.15) is 0 Å². The Morgan fingerprint density at radius 1 is 0.750 bits per heavy atom. The maximum Gasteiger partial charge on any atom is 0.0601 e. The summed E-state index contributed by atoms with van der Waals surface area (Å²) >= 11 is 0. The number of nitrogens with two attached hydrogens (primary N) is 1. The average molecular weight is 326 g/mol. The van der Waals surface area contributed by atoms with Gasteiger partial charge in [0, 0.05) is 59.6 Å². The van der Waals surface area contributed by atoms with Crippen molar-refractivity contribution >= 4 is 22.7 Å². The molecule has 0 aliphatic heterocycles. The lowest BCUT2D eigenvalue weighted by molar-refractivity contribution is 0.920. The van der Waals surface area contributed by atoms with Gasteiger partial charge in [-0.2, -0.15) is 0 Å². The number of benzene rings is 2. The highest BCUT2D eigenvalue weighted by atomic mass is 15.1. The molecule has 0 aliphatic carbocycles. The number of nitrogens with zero attached hydrogens (tertiary/aromatic N) is 3. The predicted octanol–water partition coefficient (Wildman–Crippen LogP) is 3.62. The second-order valence-electron chi connectivity index (χ2n) is 6.97. The molecule has 1 atom stereocenters. The maximum atomic E-state index is 6.33. The first-order valence-electron chi connectivity index (χ1n) is 8.27. The molecule has 0 amide bonds. The molecule has 1 unspecified atom stereocenters. The fourth-order valence-corrected chi connectivity index (χ4v) is 2.96. The summed E-state index contributed by atoms with van der Waals surface area (Å²) in [4.78, 5) is 6.37. The summed E-state index contributed by atoms with van der Waals surface area (Å²) in [5.41, 5.74) is 13.2. The average Bonchev–Trinajstić information content (AvgIpc) is 2.53. The van der Waals surface area contributed by atoms with E-state index >= 15 is 0 Å². The Morgan fingerprint density at radius 2 is 1.38 bits per heavy atom. The lowest BCUT2D eigenvalue weighted by Crippen LogP contribution is -2.17. The molecule has 130 valence electrons. The van der Waals surface area contributed by atoms with Crippen molar-refractivity contribution in [1.29, 1.82) is 0 Å². The monoisotopic (exact) mass is 326 g/mol. The van der Waals surface area contributed by atoms with Crippen molar-refractivity contribution in [1.82, 2.24) is 0 Å². The van der Waals surface area contributed by atoms with Crippen LogP contribution in [0.25, 0.3) is 0 Å². The first-order chi connectivity index (χ1) is 11.2. The summed E-state index contributed by atoms with van der Waals surface area (Å²) in [7, 11) is 12.4. The Morgan fingerprint density at radius 3 is 1.88 bits per heavy atom. The normalized spacial score (nSPS) is 12.0. The van der Waals surface area contributed by atoms with E-state index < -0.39 is 0 Å². The van der Waals surface area contributed by atoms with Gasteiger partial charge in [-0.15, -0.1) is 0 Å². The lowest BCUT2D eigenvalue weighted by Gasteiger charge is -2.25. The third-order valence-electron chi connectivity index (χ3n) is 4.52. The first kappa shape index (κ1) is 18.0. The van der Waals surface area contributed by atoms with E-state index in [9.17, 15) is 0 Å². The van der Waals surface area contributed by atoms with Crippen LogP contribution in [-0.4, -0.2) is 42.3 Å². The van der Waals surface area contributed by atoms with Crippen LogP contribution in [0.1, 0.15) is 24.0 Å². The van der Waals surface area contributed by atoms with Crippen LogP contribution in [0.2, 0.25) is 0 Å². The molecule has 4 nitrogen and oxygen atoms in total. The van der Waals surface area contributed by atoms with Gasteiger partial charge in [0.15, 0.2) is 0 Å². The predicted molar refractivity (Wildman–Crippen MR) is 108 cm³/mol. The summed E-state index contributed by atoms with van der Waals surface area (Å²) in [6.07, 6.45) is 0. The van der Waals surface area contributed by atoms with Crippen LogP contribution in [0.3, 0.4) is 0 Å². The minimum absolute atomic E-state index is 0.246. The number of rotatable bonds is 5. The molecule has 0 aliphatic rings. The Labute approximate surface area is 146 Å². The van der Waals surface area contributed by atoms with Gasteiger partial charge in [0.2, 0.25) is 0 Å². The smallest absolute Gasteiger partial charge is 0.0601 e. The Balaban J connectivity index is 2.43. The van der Waals surface area contributed by atoms with Crippen molar-refractivity contribution in [2.24, 2.45) is 0 Å². The van der Waals surface area contributed by atoms with Gasteiger partial charge in [0.05, 0.1) is 11.4 Å². The third kappa shape index (κ3) is 3.58. The van der Waals surface area contributed by atoms with E-state index in [2.05, 4.69) is 80.1 Å². The van der Waals surface area contributed by atoms with Gasteiger partial charge in [0.25, 0.3) is 0 Å². The molecule has 2 N–H and O–H groups in total. The van der Waals surface area contributed by atoms with Crippen LogP contribution in [-0.2, 0) is 0 Å². The Hall–Kier alpha value is -2.36. The van der Waals surface area contributed by atoms with Crippen molar-refractivity contribution < 1.29 is 0 Å². The molecule has 2 aromatic rings. The van der Waals surface area contributed by atoms with Crippen molar-refractivity contribution in [3.8, 4) is 0 Å². The zero-order chi connectivity index (χ0) is 18.0. The Bertz CT molecular complexity index is 705. The molecule has 0 aromatic heterocycles. The number of hydrogen-bond donors (Lipinski definition) is 1. The van der Waals surface area contributed by atoms with E-state index in [0.29, 0.717) is 0 Å². The highest BCUT2D eigenvalue weighted by Crippen LogP contribution is 2.35. The van der Waals surface area contributed by atoms with Crippen LogP contribution in [0.5, 0.6) is 0 Å². The minimum Gasteiger partial charge on any atom is -0.398 e. The summed E-state index contributed by atoms with van der Waals surface area (Å²) in [6.45, 7) is 2.21. The largest absolute Gasteiger partial charge is 0.398 e. The van der Waals surface area contributed by atoms with Crippen molar-refractivity contribution in [2.75, 3.05) is 62.7 Å². The molecule has 0 bridgehead atoms. The van der Waals surface area contributed by atoms with E-state index in [1.54, 1.807) is 0 Å². The Kier molecular flexibility index (Phi) is 5.27. The molecule has 0 saturated heterocycles. The van der Waals surface area contributed by atoms with Crippen LogP contribution in [0.15, 0.2) is 36.4 Å². The van der Waals surface area contributed by atoms with Gasteiger partial charge in [-0.3, -0.25) is 0 Å². The van der Waals surface area contributed by atoms with Gasteiger partial charge >= 0.3 is 0 Å². The van der Waals surface area contributed by atoms with Gasteiger partial charge in [-0.05, 0) is 35.4 Å². The second kappa shape index (κ2) is 7.04. The number of anilines is 4. The van der Waals surface area contributed by atoms with Crippen molar-refractivity contribution in [3.63, 3.8) is 0 Å². The molecule has 0 radical (unpaired) electrons. The summed E-state index contributed by atoms with van der Waals surface area (Å²) in [5, 5.41) is 0. The van der Waals surface area contributed by atoms with E-state index in [1.807, 2.05) is 20.2 Å². The number of nitrogen functional groups attached to an aromatic ring is 1. The maximum absolute atomic E-state index is 6.33. The molecule has 0 fully saturated rings. The first-order valence-corrected chi connectivity index (χ1v) is 8.27. The fraction of sp³-hybridized carbons (Fsp3) is 0.400. The van der Waals surface area contributed by atoms with Gasteiger partial charge in [-0.1, -0.05) is 19.1 Å². The van der Waals surface area contributed by atoms with Crippen LogP contribution >= 0.6 is 0 Å². The highest BCUT2D eigenvalue weighted by Gasteiger charge is 2.15.